The molecule has 1 aliphatic heterocycles. The standard InChI is InChI=1S/C22H29N5O4Si/c1-32(2,3)15-14-31-16-26-19-8-9-23-22(25-10-12-30-13-11-25)20(19)24-21(26)17-4-6-18(7-5-17)27(28)29/h4-9H,10-16H2,1-3H3. The van der Waals surface area contributed by atoms with Crippen LogP contribution in [0, 0.1) is 10.1 Å². The van der Waals surface area contributed by atoms with Crippen molar-refractivity contribution >= 4 is 30.6 Å². The molecule has 0 unspecified atom stereocenters. The zero-order valence-electron chi connectivity index (χ0n) is 18.8. The maximum atomic E-state index is 11.1. The average Bonchev–Trinajstić information content (AvgIpc) is 3.15. The van der Waals surface area contributed by atoms with Crippen molar-refractivity contribution in [3.8, 4) is 11.4 Å². The normalized spacial score (nSPS) is 14.8. The molecule has 1 aliphatic rings. The first-order valence-electron chi connectivity index (χ1n) is 10.8. The second-order valence-electron chi connectivity index (χ2n) is 9.12. The summed E-state index contributed by atoms with van der Waals surface area (Å²) in [5.74, 6) is 1.54. The maximum Gasteiger partial charge on any atom is 0.269 e. The number of anilines is 1. The number of nitro groups is 1. The molecule has 0 radical (unpaired) electrons. The monoisotopic (exact) mass is 455 g/mol. The minimum absolute atomic E-state index is 0.0541. The van der Waals surface area contributed by atoms with Gasteiger partial charge in [-0.05, 0) is 24.2 Å². The predicted molar refractivity (Wildman–Crippen MR) is 127 cm³/mol. The van der Waals surface area contributed by atoms with E-state index in [1.165, 1.54) is 12.1 Å². The fourth-order valence-electron chi connectivity index (χ4n) is 3.66. The van der Waals surface area contributed by atoms with Crippen LogP contribution in [0.5, 0.6) is 0 Å². The second-order valence-corrected chi connectivity index (χ2v) is 14.7. The summed E-state index contributed by atoms with van der Waals surface area (Å²) in [5.41, 5.74) is 2.59. The van der Waals surface area contributed by atoms with Crippen molar-refractivity contribution in [3.05, 3.63) is 46.6 Å². The van der Waals surface area contributed by atoms with E-state index in [9.17, 15) is 10.1 Å². The summed E-state index contributed by atoms with van der Waals surface area (Å²) in [4.78, 5) is 22.4. The molecule has 1 fully saturated rings. The summed E-state index contributed by atoms with van der Waals surface area (Å²) in [6, 6.07) is 9.51. The molecule has 0 amide bonds. The summed E-state index contributed by atoms with van der Waals surface area (Å²) >= 11 is 0. The zero-order chi connectivity index (χ0) is 22.7. The smallest absolute Gasteiger partial charge is 0.269 e. The number of nitro benzene ring substituents is 1. The van der Waals surface area contributed by atoms with Crippen LogP contribution in [0.15, 0.2) is 36.5 Å². The van der Waals surface area contributed by atoms with Gasteiger partial charge in [0.05, 0.1) is 23.7 Å². The number of morpholine rings is 1. The van der Waals surface area contributed by atoms with Crippen LogP contribution in [0.1, 0.15) is 0 Å². The zero-order valence-corrected chi connectivity index (χ0v) is 19.8. The number of benzene rings is 1. The molecule has 10 heteroatoms. The first-order chi connectivity index (χ1) is 15.3. The number of rotatable bonds is 8. The number of fused-ring (bicyclic) bond motifs is 1. The van der Waals surface area contributed by atoms with Crippen molar-refractivity contribution in [1.82, 2.24) is 14.5 Å². The number of pyridine rings is 1. The summed E-state index contributed by atoms with van der Waals surface area (Å²) in [5, 5.41) is 11.1. The summed E-state index contributed by atoms with van der Waals surface area (Å²) in [6.45, 7) is 10.9. The fourth-order valence-corrected chi connectivity index (χ4v) is 4.42. The van der Waals surface area contributed by atoms with Crippen LogP contribution in [-0.4, -0.2) is 60.4 Å². The third kappa shape index (κ3) is 4.98. The highest BCUT2D eigenvalue weighted by Gasteiger charge is 2.21. The van der Waals surface area contributed by atoms with E-state index in [1.54, 1.807) is 18.3 Å². The molecular weight excluding hydrogens is 426 g/mol. The maximum absolute atomic E-state index is 11.1. The van der Waals surface area contributed by atoms with E-state index in [-0.39, 0.29) is 5.69 Å². The Hall–Kier alpha value is -2.82. The number of hydrogen-bond acceptors (Lipinski definition) is 7. The van der Waals surface area contributed by atoms with Gasteiger partial charge in [-0.2, -0.15) is 0 Å². The molecule has 3 heterocycles. The van der Waals surface area contributed by atoms with Crippen LogP contribution >= 0.6 is 0 Å². The predicted octanol–water partition coefficient (Wildman–Crippen LogP) is 4.16. The molecule has 170 valence electrons. The summed E-state index contributed by atoms with van der Waals surface area (Å²) in [6.07, 6.45) is 1.80. The van der Waals surface area contributed by atoms with Gasteiger partial charge >= 0.3 is 0 Å². The lowest BCUT2D eigenvalue weighted by Gasteiger charge is -2.27. The molecule has 0 atom stereocenters. The number of aromatic nitrogens is 3. The largest absolute Gasteiger partial charge is 0.378 e. The van der Waals surface area contributed by atoms with E-state index in [0.29, 0.717) is 32.4 Å². The lowest BCUT2D eigenvalue weighted by Crippen LogP contribution is -2.36. The van der Waals surface area contributed by atoms with Crippen molar-refractivity contribution in [2.45, 2.75) is 32.4 Å². The van der Waals surface area contributed by atoms with Crippen LogP contribution < -0.4 is 4.90 Å². The Balaban J connectivity index is 1.73. The first-order valence-corrected chi connectivity index (χ1v) is 14.5. The second kappa shape index (κ2) is 9.35. The fraction of sp³-hybridized carbons (Fsp3) is 0.455. The number of hydrogen-bond donors (Lipinski definition) is 0. The highest BCUT2D eigenvalue weighted by Crippen LogP contribution is 2.31. The first kappa shape index (κ1) is 22.4. The van der Waals surface area contributed by atoms with E-state index in [2.05, 4.69) is 29.5 Å². The van der Waals surface area contributed by atoms with Gasteiger partial charge in [-0.1, -0.05) is 19.6 Å². The van der Waals surface area contributed by atoms with Crippen molar-refractivity contribution in [3.63, 3.8) is 0 Å². The van der Waals surface area contributed by atoms with Gasteiger partial charge in [0, 0.05) is 51.7 Å². The van der Waals surface area contributed by atoms with Crippen LogP contribution in [0.3, 0.4) is 0 Å². The number of imidazole rings is 1. The Morgan fingerprint density at radius 1 is 1.16 bits per heavy atom. The van der Waals surface area contributed by atoms with Crippen LogP contribution in [-0.2, 0) is 16.2 Å². The Labute approximate surface area is 188 Å². The molecule has 0 saturated carbocycles. The van der Waals surface area contributed by atoms with Gasteiger partial charge in [-0.3, -0.25) is 14.7 Å². The molecule has 4 rings (SSSR count). The summed E-state index contributed by atoms with van der Waals surface area (Å²) < 4.78 is 13.6. The number of non-ortho nitro benzene ring substituents is 1. The topological polar surface area (TPSA) is 95.5 Å². The van der Waals surface area contributed by atoms with E-state index < -0.39 is 13.0 Å². The molecule has 1 aromatic carbocycles. The van der Waals surface area contributed by atoms with Crippen LogP contribution in [0.4, 0.5) is 11.5 Å². The minimum atomic E-state index is -1.20. The minimum Gasteiger partial charge on any atom is -0.378 e. The van der Waals surface area contributed by atoms with Gasteiger partial charge in [-0.25, -0.2) is 9.97 Å². The molecule has 0 aliphatic carbocycles. The third-order valence-corrected chi connectivity index (χ3v) is 7.22. The Kier molecular flexibility index (Phi) is 6.54. The van der Waals surface area contributed by atoms with Crippen molar-refractivity contribution in [1.29, 1.82) is 0 Å². The summed E-state index contributed by atoms with van der Waals surface area (Å²) in [7, 11) is -1.20. The van der Waals surface area contributed by atoms with E-state index in [1.807, 2.05) is 10.6 Å². The quantitative estimate of drug-likeness (QED) is 0.218. The molecule has 0 bridgehead atoms. The number of ether oxygens (including phenoxy) is 2. The third-order valence-electron chi connectivity index (χ3n) is 5.51. The molecule has 32 heavy (non-hydrogen) atoms. The van der Waals surface area contributed by atoms with Gasteiger partial charge in [0.2, 0.25) is 0 Å². The average molecular weight is 456 g/mol. The van der Waals surface area contributed by atoms with Crippen LogP contribution in [0.2, 0.25) is 25.7 Å². The molecule has 3 aromatic rings. The van der Waals surface area contributed by atoms with Gasteiger partial charge < -0.3 is 14.4 Å². The highest BCUT2D eigenvalue weighted by molar-refractivity contribution is 6.76. The lowest BCUT2D eigenvalue weighted by atomic mass is 10.2. The molecule has 2 aromatic heterocycles. The molecule has 1 saturated heterocycles. The Bertz CT molecular complexity index is 1090. The van der Waals surface area contributed by atoms with Gasteiger partial charge in [0.1, 0.15) is 18.1 Å². The van der Waals surface area contributed by atoms with Gasteiger partial charge in [0.15, 0.2) is 5.82 Å². The molecule has 0 N–H and O–H groups in total. The molecule has 0 spiro atoms. The Morgan fingerprint density at radius 2 is 1.88 bits per heavy atom. The van der Waals surface area contributed by atoms with E-state index in [4.69, 9.17) is 14.5 Å². The highest BCUT2D eigenvalue weighted by atomic mass is 28.3. The van der Waals surface area contributed by atoms with Crippen molar-refractivity contribution in [2.75, 3.05) is 37.8 Å². The van der Waals surface area contributed by atoms with Crippen molar-refractivity contribution < 1.29 is 14.4 Å². The van der Waals surface area contributed by atoms with Gasteiger partial charge in [0.25, 0.3) is 5.69 Å². The SMILES string of the molecule is C[Si](C)(C)CCOCn1c(-c2ccc([N+](=O)[O-])cc2)nc2c(N3CCOCC3)nccc21. The van der Waals surface area contributed by atoms with E-state index >= 15 is 0 Å². The van der Waals surface area contributed by atoms with Gasteiger partial charge in [-0.15, -0.1) is 0 Å². The molecule has 9 nitrogen and oxygen atoms in total. The van der Waals surface area contributed by atoms with Crippen molar-refractivity contribution in [2.24, 2.45) is 0 Å². The lowest BCUT2D eigenvalue weighted by molar-refractivity contribution is -0.384. The Morgan fingerprint density at radius 3 is 2.53 bits per heavy atom. The van der Waals surface area contributed by atoms with Crippen LogP contribution in [0.25, 0.3) is 22.4 Å². The molecular formula is C22H29N5O4Si. The van der Waals surface area contributed by atoms with E-state index in [0.717, 1.165) is 41.5 Å². The number of nitrogens with zero attached hydrogens (tertiary/aromatic N) is 5.